The smallest absolute Gasteiger partial charge is 0.246 e. The lowest BCUT2D eigenvalue weighted by Gasteiger charge is -2.37. The Morgan fingerprint density at radius 1 is 1.13 bits per heavy atom. The fraction of sp³-hybridized carbons (Fsp3) is 0.625. The maximum absolute atomic E-state index is 13.3. The van der Waals surface area contributed by atoms with Gasteiger partial charge in [0, 0.05) is 18.7 Å². The molecule has 3 aliphatic rings. The van der Waals surface area contributed by atoms with Crippen LogP contribution in [0.25, 0.3) is 0 Å². The molecule has 0 bridgehead atoms. The van der Waals surface area contributed by atoms with Crippen LogP contribution < -0.4 is 16.8 Å². The standard InChI is InChI=1S/C24H35N5O2/c25-20(13-16-5-2-1-3-6-16)22(30)29-12-4-7-19-14-24(19,29)23(31)28-15-17-8-10-18(11-9-17)21(26)27/h8-11,16,19-20H,1-7,12-15,25H2,(H3,26,27)(H,28,31)/t19-,20-,24+/m1/s1. The summed E-state index contributed by atoms with van der Waals surface area (Å²) < 4.78 is 0. The summed E-state index contributed by atoms with van der Waals surface area (Å²) in [7, 11) is 0. The molecule has 2 aliphatic carbocycles. The highest BCUT2D eigenvalue weighted by atomic mass is 16.2. The number of nitrogen functional groups attached to an aromatic ring is 1. The Morgan fingerprint density at radius 2 is 1.84 bits per heavy atom. The van der Waals surface area contributed by atoms with Crippen LogP contribution in [-0.4, -0.2) is 40.7 Å². The molecule has 0 radical (unpaired) electrons. The van der Waals surface area contributed by atoms with Crippen LogP contribution in [0.5, 0.6) is 0 Å². The molecule has 6 N–H and O–H groups in total. The van der Waals surface area contributed by atoms with Gasteiger partial charge in [-0.05, 0) is 43.1 Å². The molecule has 4 rings (SSSR count). The number of amides is 2. The van der Waals surface area contributed by atoms with Gasteiger partial charge in [0.1, 0.15) is 11.4 Å². The lowest BCUT2D eigenvalue weighted by atomic mass is 9.84. The molecule has 0 aromatic heterocycles. The van der Waals surface area contributed by atoms with Crippen LogP contribution in [0.2, 0.25) is 0 Å². The summed E-state index contributed by atoms with van der Waals surface area (Å²) >= 11 is 0. The minimum absolute atomic E-state index is 0.0243. The van der Waals surface area contributed by atoms with E-state index in [9.17, 15) is 9.59 Å². The van der Waals surface area contributed by atoms with Gasteiger partial charge in [0.2, 0.25) is 11.8 Å². The van der Waals surface area contributed by atoms with Crippen LogP contribution in [0.15, 0.2) is 24.3 Å². The quantitative estimate of drug-likeness (QED) is 0.395. The number of rotatable bonds is 7. The number of hydrogen-bond donors (Lipinski definition) is 4. The van der Waals surface area contributed by atoms with E-state index < -0.39 is 11.6 Å². The number of nitrogens with two attached hydrogens (primary N) is 2. The zero-order valence-corrected chi connectivity index (χ0v) is 18.2. The Balaban J connectivity index is 1.39. The third-order valence-corrected chi connectivity index (χ3v) is 7.50. The molecule has 7 nitrogen and oxygen atoms in total. The second-order valence-corrected chi connectivity index (χ2v) is 9.60. The monoisotopic (exact) mass is 425 g/mol. The lowest BCUT2D eigenvalue weighted by molar-refractivity contribution is -0.145. The maximum Gasteiger partial charge on any atom is 0.246 e. The van der Waals surface area contributed by atoms with Crippen molar-refractivity contribution in [2.75, 3.05) is 6.54 Å². The highest BCUT2D eigenvalue weighted by molar-refractivity contribution is 5.96. The van der Waals surface area contributed by atoms with Crippen molar-refractivity contribution in [3.05, 3.63) is 35.4 Å². The number of hydrogen-bond acceptors (Lipinski definition) is 4. The van der Waals surface area contributed by atoms with Crippen LogP contribution in [0.3, 0.4) is 0 Å². The summed E-state index contributed by atoms with van der Waals surface area (Å²) in [5.74, 6) is 0.693. The third kappa shape index (κ3) is 4.47. The normalized spacial score (nSPS) is 26.6. The average Bonchev–Trinajstić information content (AvgIpc) is 3.54. The topological polar surface area (TPSA) is 125 Å². The zero-order valence-electron chi connectivity index (χ0n) is 18.2. The number of benzene rings is 1. The highest BCUT2D eigenvalue weighted by Crippen LogP contribution is 2.54. The van der Waals surface area contributed by atoms with Crippen molar-refractivity contribution in [1.82, 2.24) is 10.2 Å². The van der Waals surface area contributed by atoms with Gasteiger partial charge < -0.3 is 21.7 Å². The van der Waals surface area contributed by atoms with Crippen molar-refractivity contribution in [1.29, 1.82) is 5.41 Å². The van der Waals surface area contributed by atoms with E-state index >= 15 is 0 Å². The molecule has 31 heavy (non-hydrogen) atoms. The van der Waals surface area contributed by atoms with Crippen LogP contribution in [-0.2, 0) is 16.1 Å². The molecule has 2 amide bonds. The molecule has 7 heteroatoms. The first-order valence-electron chi connectivity index (χ1n) is 11.7. The number of amidine groups is 1. The van der Waals surface area contributed by atoms with Crippen molar-refractivity contribution in [2.45, 2.75) is 75.9 Å². The fourth-order valence-electron chi connectivity index (χ4n) is 5.61. The van der Waals surface area contributed by atoms with Gasteiger partial charge in [-0.3, -0.25) is 15.0 Å². The van der Waals surface area contributed by atoms with Crippen molar-refractivity contribution in [2.24, 2.45) is 23.3 Å². The van der Waals surface area contributed by atoms with E-state index in [2.05, 4.69) is 5.32 Å². The van der Waals surface area contributed by atoms with Crippen molar-refractivity contribution in [3.63, 3.8) is 0 Å². The molecule has 1 aromatic carbocycles. The molecule has 3 fully saturated rings. The molecule has 1 heterocycles. The van der Waals surface area contributed by atoms with Crippen LogP contribution in [0.4, 0.5) is 0 Å². The van der Waals surface area contributed by atoms with Crippen molar-refractivity contribution in [3.8, 4) is 0 Å². The van der Waals surface area contributed by atoms with E-state index in [4.69, 9.17) is 16.9 Å². The molecule has 0 unspecified atom stereocenters. The van der Waals surface area contributed by atoms with E-state index in [1.165, 1.54) is 19.3 Å². The van der Waals surface area contributed by atoms with Gasteiger partial charge in [0.05, 0.1) is 6.04 Å². The van der Waals surface area contributed by atoms with Gasteiger partial charge in [0.25, 0.3) is 0 Å². The van der Waals surface area contributed by atoms with Crippen LogP contribution in [0, 0.1) is 17.2 Å². The number of piperidine rings is 1. The van der Waals surface area contributed by atoms with Crippen LogP contribution in [0.1, 0.15) is 68.9 Å². The Morgan fingerprint density at radius 3 is 2.52 bits per heavy atom. The largest absolute Gasteiger partial charge is 0.384 e. The summed E-state index contributed by atoms with van der Waals surface area (Å²) in [6.07, 6.45) is 9.48. The number of nitrogens with one attached hydrogen (secondary N) is 2. The summed E-state index contributed by atoms with van der Waals surface area (Å²) in [5, 5.41) is 10.5. The number of carbonyl (C=O) groups excluding carboxylic acids is 2. The summed E-state index contributed by atoms with van der Waals surface area (Å²) in [5.41, 5.74) is 12.8. The fourth-order valence-corrected chi connectivity index (χ4v) is 5.61. The maximum atomic E-state index is 13.3. The minimum atomic E-state index is -0.709. The molecule has 168 valence electrons. The first kappa shape index (κ1) is 21.8. The Labute approximate surface area is 184 Å². The second kappa shape index (κ2) is 8.99. The minimum Gasteiger partial charge on any atom is -0.384 e. The second-order valence-electron chi connectivity index (χ2n) is 9.60. The van der Waals surface area contributed by atoms with Gasteiger partial charge in [-0.15, -0.1) is 0 Å². The first-order chi connectivity index (χ1) is 14.9. The molecule has 0 spiro atoms. The van der Waals surface area contributed by atoms with E-state index in [0.717, 1.165) is 44.1 Å². The summed E-state index contributed by atoms with van der Waals surface area (Å²) in [4.78, 5) is 28.3. The SMILES string of the molecule is N=C(N)c1ccc(CNC(=O)[C@]23C[C@H]2CCCN3C(=O)[C@H](N)CC2CCCCC2)cc1. The molecule has 2 saturated carbocycles. The molecule has 1 aromatic rings. The number of fused-ring (bicyclic) bond motifs is 1. The molecule has 1 saturated heterocycles. The average molecular weight is 426 g/mol. The van der Waals surface area contributed by atoms with E-state index in [-0.39, 0.29) is 23.6 Å². The van der Waals surface area contributed by atoms with Crippen LogP contribution >= 0.6 is 0 Å². The zero-order chi connectivity index (χ0) is 22.0. The van der Waals surface area contributed by atoms with Crippen molar-refractivity contribution < 1.29 is 9.59 Å². The Bertz CT molecular complexity index is 833. The van der Waals surface area contributed by atoms with Gasteiger partial charge in [-0.1, -0.05) is 56.4 Å². The van der Waals surface area contributed by atoms with E-state index in [0.29, 0.717) is 24.6 Å². The summed E-state index contributed by atoms with van der Waals surface area (Å²) in [6, 6.07) is 6.78. The third-order valence-electron chi connectivity index (χ3n) is 7.50. The molecule has 1 aliphatic heterocycles. The van der Waals surface area contributed by atoms with Gasteiger partial charge in [-0.2, -0.15) is 0 Å². The molecular weight excluding hydrogens is 390 g/mol. The molecular formula is C24H35N5O2. The predicted octanol–water partition coefficient (Wildman–Crippen LogP) is 2.27. The lowest BCUT2D eigenvalue weighted by Crippen LogP contribution is -2.58. The van der Waals surface area contributed by atoms with Gasteiger partial charge in [0.15, 0.2) is 0 Å². The number of carbonyl (C=O) groups is 2. The molecule has 3 atom stereocenters. The highest BCUT2D eigenvalue weighted by Gasteiger charge is 2.66. The van der Waals surface area contributed by atoms with Gasteiger partial charge >= 0.3 is 0 Å². The predicted molar refractivity (Wildman–Crippen MR) is 120 cm³/mol. The first-order valence-corrected chi connectivity index (χ1v) is 11.7. The van der Waals surface area contributed by atoms with E-state index in [1.54, 1.807) is 12.1 Å². The van der Waals surface area contributed by atoms with E-state index in [1.807, 2.05) is 17.0 Å². The number of nitrogens with zero attached hydrogens (tertiary/aromatic N) is 1. The van der Waals surface area contributed by atoms with Crippen molar-refractivity contribution >= 4 is 17.6 Å². The summed E-state index contributed by atoms with van der Waals surface area (Å²) in [6.45, 7) is 1.01. The van der Waals surface area contributed by atoms with Gasteiger partial charge in [-0.25, -0.2) is 0 Å². The number of likely N-dealkylation sites (tertiary alicyclic amines) is 1. The Kier molecular flexibility index (Phi) is 6.32. The Hall–Kier alpha value is -2.41.